The van der Waals surface area contributed by atoms with Crippen molar-refractivity contribution < 1.29 is 14.6 Å². The summed E-state index contributed by atoms with van der Waals surface area (Å²) in [5.74, 6) is 0. The number of carbonyl (C=O) groups is 1. The number of hydrogen-bond donors (Lipinski definition) is 2. The minimum Gasteiger partial charge on any atom is -0.444 e. The lowest BCUT2D eigenvalue weighted by molar-refractivity contribution is 0.0231. The smallest absolute Gasteiger partial charge is 0.410 e. The predicted molar refractivity (Wildman–Crippen MR) is 86.8 cm³/mol. The lowest BCUT2D eigenvalue weighted by atomic mass is 9.93. The van der Waals surface area contributed by atoms with Crippen LogP contribution in [0.1, 0.15) is 65.7 Å². The largest absolute Gasteiger partial charge is 0.444 e. The van der Waals surface area contributed by atoms with Crippen molar-refractivity contribution in [3.63, 3.8) is 0 Å². The van der Waals surface area contributed by atoms with Gasteiger partial charge in [0.1, 0.15) is 5.60 Å². The van der Waals surface area contributed by atoms with Gasteiger partial charge >= 0.3 is 6.09 Å². The maximum absolute atomic E-state index is 12.2. The minimum absolute atomic E-state index is 0.101. The number of carbonyl (C=O) groups excluding carboxylic acids is 1. The average molecular weight is 312 g/mol. The van der Waals surface area contributed by atoms with Crippen LogP contribution >= 0.6 is 0 Å². The van der Waals surface area contributed by atoms with E-state index in [2.05, 4.69) is 5.32 Å². The molecule has 5 nitrogen and oxygen atoms in total. The van der Waals surface area contributed by atoms with Gasteiger partial charge in [-0.3, -0.25) is 0 Å². The van der Waals surface area contributed by atoms with Gasteiger partial charge < -0.3 is 20.1 Å². The first kappa shape index (κ1) is 17.5. The topological polar surface area (TPSA) is 61.8 Å². The molecular weight excluding hydrogens is 280 g/mol. The summed E-state index contributed by atoms with van der Waals surface area (Å²) < 4.78 is 5.50. The molecule has 0 bridgehead atoms. The highest BCUT2D eigenvalue weighted by Crippen LogP contribution is 2.28. The zero-order valence-electron chi connectivity index (χ0n) is 14.3. The zero-order valence-corrected chi connectivity index (χ0v) is 14.3. The first-order valence-corrected chi connectivity index (χ1v) is 8.76. The van der Waals surface area contributed by atoms with Crippen molar-refractivity contribution in [3.05, 3.63) is 0 Å². The first-order valence-electron chi connectivity index (χ1n) is 8.76. The van der Waals surface area contributed by atoms with Crippen LogP contribution in [0.15, 0.2) is 0 Å². The second-order valence-electron chi connectivity index (χ2n) is 7.72. The fourth-order valence-electron chi connectivity index (χ4n) is 2.97. The number of nitrogens with zero attached hydrogens (tertiary/aromatic N) is 1. The van der Waals surface area contributed by atoms with E-state index in [4.69, 9.17) is 4.74 Å². The molecule has 2 fully saturated rings. The molecule has 0 aliphatic heterocycles. The van der Waals surface area contributed by atoms with Crippen molar-refractivity contribution in [3.8, 4) is 0 Å². The van der Waals surface area contributed by atoms with Gasteiger partial charge in [0, 0.05) is 18.6 Å². The molecule has 2 saturated carbocycles. The summed E-state index contributed by atoms with van der Waals surface area (Å²) in [6.45, 7) is 7.42. The van der Waals surface area contributed by atoms with Gasteiger partial charge in [0.25, 0.3) is 0 Å². The molecule has 0 aromatic carbocycles. The highest BCUT2D eigenvalue weighted by molar-refractivity contribution is 5.69. The van der Waals surface area contributed by atoms with Crippen LogP contribution in [-0.2, 0) is 4.74 Å². The summed E-state index contributed by atoms with van der Waals surface area (Å²) in [5.41, 5.74) is -0.425. The van der Waals surface area contributed by atoms with E-state index in [9.17, 15) is 9.90 Å². The number of aliphatic hydroxyl groups is 1. The van der Waals surface area contributed by atoms with Crippen molar-refractivity contribution >= 4 is 6.09 Å². The predicted octanol–water partition coefficient (Wildman–Crippen LogP) is 2.67. The van der Waals surface area contributed by atoms with Crippen LogP contribution in [0, 0.1) is 0 Å². The molecule has 0 heterocycles. The Kier molecular flexibility index (Phi) is 6.09. The van der Waals surface area contributed by atoms with Gasteiger partial charge in [-0.05, 0) is 72.3 Å². The fraction of sp³-hybridized carbons (Fsp3) is 0.941. The lowest BCUT2D eigenvalue weighted by Gasteiger charge is -2.28. The van der Waals surface area contributed by atoms with Crippen molar-refractivity contribution in [1.29, 1.82) is 0 Å². The highest BCUT2D eigenvalue weighted by Gasteiger charge is 2.34. The van der Waals surface area contributed by atoms with Crippen LogP contribution in [0.3, 0.4) is 0 Å². The maximum atomic E-state index is 12.2. The van der Waals surface area contributed by atoms with E-state index in [1.807, 2.05) is 25.7 Å². The van der Waals surface area contributed by atoms with Crippen LogP contribution < -0.4 is 5.32 Å². The molecule has 0 radical (unpaired) electrons. The Hall–Kier alpha value is -0.810. The molecule has 0 aromatic rings. The molecule has 2 N–H and O–H groups in total. The summed E-state index contributed by atoms with van der Waals surface area (Å²) in [4.78, 5) is 14.1. The Balaban J connectivity index is 1.66. The molecule has 22 heavy (non-hydrogen) atoms. The molecule has 0 unspecified atom stereocenters. The third-order valence-electron chi connectivity index (χ3n) is 4.32. The van der Waals surface area contributed by atoms with E-state index in [1.54, 1.807) is 0 Å². The van der Waals surface area contributed by atoms with E-state index in [0.29, 0.717) is 12.1 Å². The number of hydrogen-bond acceptors (Lipinski definition) is 4. The summed E-state index contributed by atoms with van der Waals surface area (Å²) >= 11 is 0. The minimum atomic E-state index is -0.425. The highest BCUT2D eigenvalue weighted by atomic mass is 16.6. The van der Waals surface area contributed by atoms with E-state index >= 15 is 0 Å². The summed E-state index contributed by atoms with van der Waals surface area (Å²) in [6.07, 6.45) is 6.81. The van der Waals surface area contributed by atoms with Crippen LogP contribution in [-0.4, -0.2) is 53.0 Å². The standard InChI is InChI=1S/C17H32N2O3/c1-17(2,3)22-16(21)19(14-7-8-14)12-4-11-18-13-5-9-15(20)10-6-13/h13-15,18,20H,4-12H2,1-3H3. The van der Waals surface area contributed by atoms with Gasteiger partial charge in [-0.25, -0.2) is 4.79 Å². The second-order valence-corrected chi connectivity index (χ2v) is 7.72. The third kappa shape index (κ3) is 6.13. The van der Waals surface area contributed by atoms with Crippen molar-refractivity contribution in [2.45, 2.75) is 89.5 Å². The SMILES string of the molecule is CC(C)(C)OC(=O)N(CCCNC1CCC(O)CC1)C1CC1. The quantitative estimate of drug-likeness (QED) is 0.740. The molecule has 2 rings (SSSR count). The Morgan fingerprint density at radius 2 is 1.82 bits per heavy atom. The summed E-state index contributed by atoms with van der Waals surface area (Å²) in [7, 11) is 0. The third-order valence-corrected chi connectivity index (χ3v) is 4.32. The number of amides is 1. The Bertz CT molecular complexity index is 355. The number of aliphatic hydroxyl groups excluding tert-OH is 1. The van der Waals surface area contributed by atoms with E-state index in [-0.39, 0.29) is 12.2 Å². The summed E-state index contributed by atoms with van der Waals surface area (Å²) in [5, 5.41) is 13.1. The van der Waals surface area contributed by atoms with Crippen LogP contribution in [0.2, 0.25) is 0 Å². The van der Waals surface area contributed by atoms with Crippen molar-refractivity contribution in [2.24, 2.45) is 0 Å². The zero-order chi connectivity index (χ0) is 16.2. The van der Waals surface area contributed by atoms with Crippen LogP contribution in [0.4, 0.5) is 4.79 Å². The van der Waals surface area contributed by atoms with Gasteiger partial charge in [-0.15, -0.1) is 0 Å². The fourth-order valence-corrected chi connectivity index (χ4v) is 2.97. The van der Waals surface area contributed by atoms with Crippen LogP contribution in [0.25, 0.3) is 0 Å². The molecule has 5 heteroatoms. The first-order chi connectivity index (χ1) is 10.3. The number of nitrogens with one attached hydrogen (secondary N) is 1. The molecule has 0 atom stereocenters. The van der Waals surface area contributed by atoms with Gasteiger partial charge in [0.05, 0.1) is 6.10 Å². The molecule has 2 aliphatic carbocycles. The Labute approximate surface area is 134 Å². The van der Waals surface area contributed by atoms with Gasteiger partial charge in [-0.1, -0.05) is 0 Å². The molecule has 0 aromatic heterocycles. The molecule has 1 amide bonds. The van der Waals surface area contributed by atoms with Crippen LogP contribution in [0.5, 0.6) is 0 Å². The van der Waals surface area contributed by atoms with Gasteiger partial charge in [-0.2, -0.15) is 0 Å². The number of ether oxygens (including phenoxy) is 1. The van der Waals surface area contributed by atoms with Gasteiger partial charge in [0.2, 0.25) is 0 Å². The van der Waals surface area contributed by atoms with E-state index < -0.39 is 5.60 Å². The second kappa shape index (κ2) is 7.64. The molecule has 0 spiro atoms. The molecule has 0 saturated heterocycles. The monoisotopic (exact) mass is 312 g/mol. The average Bonchev–Trinajstić information content (AvgIpc) is 3.23. The van der Waals surface area contributed by atoms with Crippen molar-refractivity contribution in [2.75, 3.05) is 13.1 Å². The normalized spacial score (nSPS) is 25.8. The van der Waals surface area contributed by atoms with Crippen molar-refractivity contribution in [1.82, 2.24) is 10.2 Å². The lowest BCUT2D eigenvalue weighted by Crippen LogP contribution is -2.40. The maximum Gasteiger partial charge on any atom is 0.410 e. The van der Waals surface area contributed by atoms with E-state index in [1.165, 1.54) is 0 Å². The van der Waals surface area contributed by atoms with E-state index in [0.717, 1.165) is 58.0 Å². The Morgan fingerprint density at radius 1 is 1.18 bits per heavy atom. The summed E-state index contributed by atoms with van der Waals surface area (Å²) in [6, 6.07) is 0.916. The molecule has 128 valence electrons. The Morgan fingerprint density at radius 3 is 2.36 bits per heavy atom. The number of rotatable bonds is 6. The van der Waals surface area contributed by atoms with Gasteiger partial charge in [0.15, 0.2) is 0 Å². The molecule has 2 aliphatic rings. The molecular formula is C17H32N2O3.